The van der Waals surface area contributed by atoms with Crippen LogP contribution in [0.3, 0.4) is 0 Å². The van der Waals surface area contributed by atoms with Crippen LogP contribution in [-0.2, 0) is 42.9 Å². The number of nitrogen functional groups attached to an aromatic ring is 5. The van der Waals surface area contributed by atoms with Gasteiger partial charge in [0.05, 0.1) is 62.2 Å². The number of nitrogens with zero attached hydrogens (tertiary/aromatic N) is 20. The predicted octanol–water partition coefficient (Wildman–Crippen LogP) is 6.02. The van der Waals surface area contributed by atoms with Crippen LogP contribution in [-0.4, -0.2) is 369 Å². The summed E-state index contributed by atoms with van der Waals surface area (Å²) in [6.07, 6.45) is 25.1. The van der Waals surface area contributed by atoms with Gasteiger partial charge in [0, 0.05) is 19.3 Å². The molecule has 40 nitrogen and oxygen atoms in total. The Morgan fingerprint density at radius 3 is 0.729 bits per heavy atom. The predicted molar refractivity (Wildman–Crippen MR) is 527 cm³/mol. The van der Waals surface area contributed by atoms with E-state index in [-0.39, 0.29) is 33.9 Å². The number of aliphatic hydroxyl groups is 10. The summed E-state index contributed by atoms with van der Waals surface area (Å²) in [6.45, 7) is 24.8. The van der Waals surface area contributed by atoms with Crippen molar-refractivity contribution in [3.8, 4) is 0 Å². The Hall–Kier alpha value is -7.35. The fraction of sp³-hybridized carbons (Fsp3) is 0.643. The van der Waals surface area contributed by atoms with Gasteiger partial charge in [-0.25, -0.2) is 74.8 Å². The van der Waals surface area contributed by atoms with Gasteiger partial charge in [-0.15, -0.1) is 65.9 Å². The number of aliphatic hydroxyl groups excluding tert-OH is 10. The Balaban J connectivity index is 0.000000198. The zero-order chi connectivity index (χ0) is 92.5. The molecule has 720 valence electrons. The summed E-state index contributed by atoms with van der Waals surface area (Å²) in [5, 5.41) is 104. The maximum atomic E-state index is 10.6. The molecule has 5 aliphatic heterocycles. The average Bonchev–Trinajstić information content (AvgIpc) is 1.64. The highest BCUT2D eigenvalue weighted by Gasteiger charge is 2.49. The van der Waals surface area contributed by atoms with Crippen molar-refractivity contribution in [2.24, 2.45) is 0 Å². The molecule has 0 bridgehead atoms. The van der Waals surface area contributed by atoms with Crippen molar-refractivity contribution in [3.63, 3.8) is 0 Å². The van der Waals surface area contributed by atoms with Gasteiger partial charge in [-0.1, -0.05) is 49.5 Å². The first-order valence-electron chi connectivity index (χ1n) is 42.3. The molecule has 10 aromatic rings. The lowest BCUT2D eigenvalue weighted by Crippen LogP contribution is -2.31. The number of hydrogen-bond donors (Lipinski definition) is 15. The van der Waals surface area contributed by atoms with E-state index in [0.717, 1.165) is 56.5 Å². The summed E-state index contributed by atoms with van der Waals surface area (Å²) in [7, 11) is 0. The van der Waals surface area contributed by atoms with Crippen molar-refractivity contribution >= 4 is 151 Å². The van der Waals surface area contributed by atoms with Crippen LogP contribution in [0.15, 0.2) is 31.6 Å². The van der Waals surface area contributed by atoms with Crippen LogP contribution in [0.2, 0.25) is 0 Å². The molecule has 0 aromatic carbocycles. The molecule has 5 aliphatic rings. The molecule has 20 N–H and O–H groups in total. The van der Waals surface area contributed by atoms with E-state index in [4.69, 9.17) is 52.4 Å². The van der Waals surface area contributed by atoms with Crippen molar-refractivity contribution in [1.82, 2.24) is 97.6 Å². The molecular formula is C84H144N25O15P5. The van der Waals surface area contributed by atoms with Crippen LogP contribution in [0.5, 0.6) is 0 Å². The molecule has 5 saturated heterocycles. The minimum Gasteiger partial charge on any atom is -0.388 e. The summed E-state index contributed by atoms with van der Waals surface area (Å²) in [6, 6.07) is 0. The molecule has 10 aromatic heterocycles. The molecule has 20 atom stereocenters. The van der Waals surface area contributed by atoms with E-state index in [1.54, 1.807) is 43.0 Å². The van der Waals surface area contributed by atoms with E-state index in [2.05, 4.69) is 180 Å². The Labute approximate surface area is 756 Å². The lowest BCUT2D eigenvalue weighted by atomic mass is 10.1. The van der Waals surface area contributed by atoms with Crippen molar-refractivity contribution in [2.75, 3.05) is 126 Å². The van der Waals surface area contributed by atoms with E-state index in [1.165, 1.54) is 25.3 Å². The van der Waals surface area contributed by atoms with E-state index < -0.39 is 157 Å². The molecule has 5 fully saturated rings. The number of imidazole rings is 5. The third-order valence-corrected chi connectivity index (χ3v) is 29.6. The SMILES string of the molecule is C.C.C.C=P(C)(C)CC[C@H]1O[C@@H](n2cnc3c(N)nc(C)nc32)[C@H](O)[C@@H]1O.C=P(C)(C)CC[C@H]1O[C@@H](n2cnc3c(N)nc(C)nc32)[C@H](O)[C@@H]1O.C=P(C)(C)CC[C@H]1O[C@@H](n2cnc3c(N)nc(CC)nc32)[C@H](O)[C@@H]1O.C=P(C)(C)CC[C@H]1O[C@@H](n2cnc3c(N)nc(CCC)nc32)[C@H](O)[C@@H]1O.C=P(C)(C)CC[C@H]1O[C@@H](n2cnc3c(N)nc(CCCC)nc32)[C@H](O)[C@@H]1O. The second-order valence-corrected chi connectivity index (χ2v) is 58.3. The third-order valence-electron chi connectivity index (χ3n) is 22.3. The van der Waals surface area contributed by atoms with Crippen LogP contribution < -0.4 is 28.7 Å². The fourth-order valence-electron chi connectivity index (χ4n) is 15.3. The molecule has 45 heteroatoms. The second-order valence-electron chi connectivity index (χ2n) is 36.7. The van der Waals surface area contributed by atoms with Crippen LogP contribution in [0.1, 0.15) is 155 Å². The van der Waals surface area contributed by atoms with Gasteiger partial charge >= 0.3 is 0 Å². The largest absolute Gasteiger partial charge is 0.388 e. The number of fused-ring (bicyclic) bond motifs is 5. The number of aryl methyl sites for hydroxylation is 5. The van der Waals surface area contributed by atoms with Gasteiger partial charge in [0.25, 0.3) is 0 Å². The normalized spacial score (nSPS) is 26.5. The molecule has 0 unspecified atom stereocenters. The fourth-order valence-corrected chi connectivity index (χ4v) is 20.1. The van der Waals surface area contributed by atoms with Crippen LogP contribution in [0.4, 0.5) is 29.1 Å². The van der Waals surface area contributed by atoms with Crippen LogP contribution >= 0.6 is 34.4 Å². The van der Waals surface area contributed by atoms with Crippen LogP contribution in [0, 0.1) is 13.8 Å². The molecule has 15 heterocycles. The Kier molecular flexibility index (Phi) is 36.3. The number of rotatable bonds is 26. The smallest absolute Gasteiger partial charge is 0.167 e. The lowest BCUT2D eigenvalue weighted by molar-refractivity contribution is -0.0353. The van der Waals surface area contributed by atoms with E-state index in [9.17, 15) is 51.1 Å². The molecular weight excluding hydrogens is 1750 g/mol. The van der Waals surface area contributed by atoms with Crippen molar-refractivity contribution in [1.29, 1.82) is 0 Å². The van der Waals surface area contributed by atoms with Gasteiger partial charge in [0.2, 0.25) is 0 Å². The highest BCUT2D eigenvalue weighted by molar-refractivity contribution is 7.73. The first kappa shape index (κ1) is 107. The van der Waals surface area contributed by atoms with Gasteiger partial charge in [-0.05, 0) is 156 Å². The minimum atomic E-state index is -1.24. The number of aromatic nitrogens is 20. The van der Waals surface area contributed by atoms with Gasteiger partial charge in [0.15, 0.2) is 88.5 Å². The Morgan fingerprint density at radius 1 is 0.302 bits per heavy atom. The second kappa shape index (κ2) is 43.8. The minimum absolute atomic E-state index is 0. The molecule has 0 amide bonds. The van der Waals surface area contributed by atoms with Gasteiger partial charge in [0.1, 0.15) is 118 Å². The monoisotopic (exact) mass is 1900 g/mol. The van der Waals surface area contributed by atoms with Crippen molar-refractivity contribution in [2.45, 2.75) is 250 Å². The summed E-state index contributed by atoms with van der Waals surface area (Å²) in [5.41, 5.74) is 34.6. The Bertz CT molecular complexity index is 5550. The number of ether oxygens (including phenoxy) is 5. The standard InChI is InChI=1S/C18H30N5O3P.C17H28N5O3P.C16H26N5O3P.2C15H24N5O3P.3CH4/c1-5-6-7-12-21-16(19)13-17(22-12)23(10-20-13)18-15(25)14(24)11(26-18)8-9-27(2,3)4;1-5-6-11-20-15(18)12-16(21-11)22(9-19-12)17-14(24)13(23)10(25-17)7-8-26(2,3)4;1-5-10-19-14(17)11-15(20-10)21(8-18-11)16-13(23)12(22)9(24-16)6-7-25(2,3)4;2*1-8-18-13(16)10-14(19-8)20(7-17-10)15-12(22)11(21)9(23-15)5-6-24(2,3)4;;;/h10-11,14-15,18,24-25H,2,5-9H2,1,3-4H3,(H2,19,21,22);9-10,13-14,17,23-24H,2,5-8H2,1,3-4H3,(H2,18,20,21);8-9,12-13,16,22-23H,2,5-7H2,1,3-4H3,(H2,17,19,20);2*7,9,11-12,15,21-22H,2,5-6H2,1,3-4H3,(H2,16,18,19);3*1H4/t11-,14-,15-,18-;10-,13-,14-,17-;9-,12-,13-,16-;2*9-,11-,12-,15-;;;/m11111.../s1. The molecule has 0 aliphatic carbocycles. The number of unbranched alkanes of at least 4 members (excludes halogenated alkanes) is 1. The summed E-state index contributed by atoms with van der Waals surface area (Å²) in [4.78, 5) is 64.4. The zero-order valence-corrected chi connectivity index (χ0v) is 79.3. The maximum Gasteiger partial charge on any atom is 0.167 e. The first-order valence-corrected chi connectivity index (χ1v) is 57.6. The quantitative estimate of drug-likeness (QED) is 0.0276. The zero-order valence-electron chi connectivity index (χ0n) is 74.9. The molecule has 0 radical (unpaired) electrons. The first-order chi connectivity index (χ1) is 59.0. The average molecular weight is 1900 g/mol. The van der Waals surface area contributed by atoms with E-state index in [1.807, 2.05) is 13.8 Å². The lowest BCUT2D eigenvalue weighted by Gasteiger charge is -2.18. The van der Waals surface area contributed by atoms with Crippen LogP contribution in [0.25, 0.3) is 55.8 Å². The molecule has 0 saturated carbocycles. The number of anilines is 5. The van der Waals surface area contributed by atoms with Crippen molar-refractivity contribution < 1.29 is 74.7 Å². The summed E-state index contributed by atoms with van der Waals surface area (Å²) >= 11 is 0. The highest BCUT2D eigenvalue weighted by Crippen LogP contribution is 2.46. The number of nitrogens with two attached hydrogens (primary N) is 5. The van der Waals surface area contributed by atoms with Crippen molar-refractivity contribution in [3.05, 3.63) is 60.8 Å². The number of hydrogen-bond acceptors (Lipinski definition) is 35. The molecule has 15 rings (SSSR count). The topological polar surface area (TPSA) is 597 Å². The van der Waals surface area contributed by atoms with Gasteiger partial charge < -0.3 is 103 Å². The van der Waals surface area contributed by atoms with E-state index in [0.29, 0.717) is 147 Å². The van der Waals surface area contributed by atoms with Gasteiger partial charge in [-0.2, -0.15) is 0 Å². The summed E-state index contributed by atoms with van der Waals surface area (Å²) in [5.74, 6) is 4.39. The molecule has 129 heavy (non-hydrogen) atoms. The van der Waals surface area contributed by atoms with E-state index >= 15 is 0 Å². The highest BCUT2D eigenvalue weighted by atomic mass is 31.2. The maximum absolute atomic E-state index is 10.6. The molecule has 0 spiro atoms. The summed E-state index contributed by atoms with van der Waals surface area (Å²) < 4.78 is 37.9. The Morgan fingerprint density at radius 2 is 0.512 bits per heavy atom. The van der Waals surface area contributed by atoms with Gasteiger partial charge in [-0.3, -0.25) is 22.8 Å². The third kappa shape index (κ3) is 25.8.